The van der Waals surface area contributed by atoms with Gasteiger partial charge in [-0.2, -0.15) is 0 Å². The lowest BCUT2D eigenvalue weighted by Gasteiger charge is -2.25. The molecular formula is C19H32ClN3O3S. The van der Waals surface area contributed by atoms with Crippen LogP contribution in [0, 0.1) is 11.8 Å². The van der Waals surface area contributed by atoms with E-state index >= 15 is 0 Å². The van der Waals surface area contributed by atoms with Crippen LogP contribution in [0.3, 0.4) is 0 Å². The Balaban J connectivity index is 0.00000364. The van der Waals surface area contributed by atoms with E-state index < -0.39 is 10.0 Å². The van der Waals surface area contributed by atoms with Crippen molar-refractivity contribution in [2.24, 2.45) is 17.6 Å². The highest BCUT2D eigenvalue weighted by Gasteiger charge is 2.23. The van der Waals surface area contributed by atoms with Gasteiger partial charge in [-0.25, -0.2) is 13.1 Å². The van der Waals surface area contributed by atoms with Crippen LogP contribution in [0.5, 0.6) is 0 Å². The highest BCUT2D eigenvalue weighted by atomic mass is 35.5. The van der Waals surface area contributed by atoms with Gasteiger partial charge in [0, 0.05) is 24.7 Å². The van der Waals surface area contributed by atoms with Gasteiger partial charge in [-0.05, 0) is 37.0 Å². The van der Waals surface area contributed by atoms with Crippen LogP contribution in [0.4, 0.5) is 5.69 Å². The Morgan fingerprint density at radius 3 is 2.59 bits per heavy atom. The number of hydrogen-bond acceptors (Lipinski definition) is 4. The van der Waals surface area contributed by atoms with Crippen molar-refractivity contribution >= 4 is 34.0 Å². The van der Waals surface area contributed by atoms with Gasteiger partial charge in [0.15, 0.2) is 0 Å². The molecule has 1 fully saturated rings. The lowest BCUT2D eigenvalue weighted by atomic mass is 9.82. The fraction of sp³-hybridized carbons (Fsp3) is 0.632. The molecule has 0 heterocycles. The second-order valence-electron chi connectivity index (χ2n) is 7.05. The average molecular weight is 418 g/mol. The van der Waals surface area contributed by atoms with Crippen LogP contribution in [0.2, 0.25) is 0 Å². The van der Waals surface area contributed by atoms with Crippen LogP contribution in [-0.4, -0.2) is 27.4 Å². The Bertz CT molecular complexity index is 691. The van der Waals surface area contributed by atoms with Crippen LogP contribution in [0.1, 0.15) is 51.9 Å². The van der Waals surface area contributed by atoms with Crippen molar-refractivity contribution in [2.75, 3.05) is 18.4 Å². The van der Waals surface area contributed by atoms with E-state index in [0.717, 1.165) is 12.8 Å². The maximum Gasteiger partial charge on any atom is 0.240 e. The van der Waals surface area contributed by atoms with Crippen molar-refractivity contribution in [1.82, 2.24) is 4.72 Å². The van der Waals surface area contributed by atoms with Crippen molar-refractivity contribution in [1.29, 1.82) is 0 Å². The zero-order valence-corrected chi connectivity index (χ0v) is 17.6. The first-order valence-corrected chi connectivity index (χ1v) is 11.0. The predicted octanol–water partition coefficient (Wildman–Crippen LogP) is 3.28. The van der Waals surface area contributed by atoms with E-state index in [1.807, 2.05) is 6.92 Å². The molecule has 8 heteroatoms. The molecule has 0 spiro atoms. The number of anilines is 1. The van der Waals surface area contributed by atoms with E-state index in [0.29, 0.717) is 11.6 Å². The van der Waals surface area contributed by atoms with Gasteiger partial charge in [-0.15, -0.1) is 12.4 Å². The molecule has 0 radical (unpaired) electrons. The van der Waals surface area contributed by atoms with E-state index in [-0.39, 0.29) is 42.2 Å². The van der Waals surface area contributed by atoms with Crippen LogP contribution in [0.15, 0.2) is 29.2 Å². The quantitative estimate of drug-likeness (QED) is 0.573. The molecule has 1 aromatic carbocycles. The maximum atomic E-state index is 12.7. The average Bonchev–Trinajstić information content (AvgIpc) is 2.65. The molecule has 27 heavy (non-hydrogen) atoms. The maximum absolute atomic E-state index is 12.7. The molecule has 154 valence electrons. The summed E-state index contributed by atoms with van der Waals surface area (Å²) < 4.78 is 26.8. The van der Waals surface area contributed by atoms with E-state index in [1.165, 1.54) is 44.2 Å². The zero-order chi connectivity index (χ0) is 19.0. The van der Waals surface area contributed by atoms with Crippen LogP contribution < -0.4 is 15.8 Å². The van der Waals surface area contributed by atoms with Crippen molar-refractivity contribution in [3.63, 3.8) is 0 Å². The number of nitrogens with two attached hydrogens (primary N) is 1. The lowest BCUT2D eigenvalue weighted by Crippen LogP contribution is -2.29. The molecule has 0 aromatic heterocycles. The standard InChI is InChI=1S/C19H31N3O3S.ClH/c1-2-16(13-15-7-4-3-5-8-15)19(23)22-17-9-6-10-18(14-17)26(24,25)21-12-11-20;/h6,9-10,14-16,21H,2-5,7-8,11-13,20H2,1H3,(H,22,23);1H. The first-order chi connectivity index (χ1) is 12.5. The molecule has 0 aliphatic heterocycles. The number of carbonyl (C=O) groups is 1. The Morgan fingerprint density at radius 1 is 1.26 bits per heavy atom. The van der Waals surface area contributed by atoms with Crippen molar-refractivity contribution in [2.45, 2.75) is 56.8 Å². The zero-order valence-electron chi connectivity index (χ0n) is 15.9. The lowest BCUT2D eigenvalue weighted by molar-refractivity contribution is -0.120. The molecule has 4 N–H and O–H groups in total. The molecule has 1 saturated carbocycles. The van der Waals surface area contributed by atoms with Gasteiger partial charge < -0.3 is 11.1 Å². The first-order valence-electron chi connectivity index (χ1n) is 9.57. The van der Waals surface area contributed by atoms with E-state index in [1.54, 1.807) is 12.1 Å². The number of amides is 1. The highest BCUT2D eigenvalue weighted by Crippen LogP contribution is 2.30. The molecule has 0 bridgehead atoms. The van der Waals surface area contributed by atoms with E-state index in [4.69, 9.17) is 5.73 Å². The van der Waals surface area contributed by atoms with Crippen LogP contribution in [0.25, 0.3) is 0 Å². The van der Waals surface area contributed by atoms with Gasteiger partial charge in [0.2, 0.25) is 15.9 Å². The smallest absolute Gasteiger partial charge is 0.240 e. The van der Waals surface area contributed by atoms with Gasteiger partial charge >= 0.3 is 0 Å². The van der Waals surface area contributed by atoms with E-state index in [9.17, 15) is 13.2 Å². The fourth-order valence-electron chi connectivity index (χ4n) is 3.55. The number of rotatable bonds is 9. The Morgan fingerprint density at radius 2 is 1.96 bits per heavy atom. The molecule has 0 saturated heterocycles. The number of carbonyl (C=O) groups excluding carboxylic acids is 1. The topological polar surface area (TPSA) is 101 Å². The fourth-order valence-corrected chi connectivity index (χ4v) is 4.64. The van der Waals surface area contributed by atoms with Crippen LogP contribution >= 0.6 is 12.4 Å². The minimum atomic E-state index is -3.61. The number of sulfonamides is 1. The Kier molecular flexibility index (Phi) is 10.3. The SMILES string of the molecule is CCC(CC1CCCCC1)C(=O)Nc1cccc(S(=O)(=O)NCCN)c1.Cl. The summed E-state index contributed by atoms with van der Waals surface area (Å²) in [5.74, 6) is 0.572. The summed E-state index contributed by atoms with van der Waals surface area (Å²) in [6, 6.07) is 6.35. The Hall–Kier alpha value is -1.15. The number of hydrogen-bond donors (Lipinski definition) is 3. The summed E-state index contributed by atoms with van der Waals surface area (Å²) in [4.78, 5) is 12.8. The summed E-state index contributed by atoms with van der Waals surface area (Å²) in [5.41, 5.74) is 5.86. The summed E-state index contributed by atoms with van der Waals surface area (Å²) in [7, 11) is -3.61. The van der Waals surface area contributed by atoms with Crippen molar-refractivity contribution < 1.29 is 13.2 Å². The number of benzene rings is 1. The molecule has 1 atom stereocenters. The normalized spacial score (nSPS) is 16.4. The van der Waals surface area contributed by atoms with Crippen LogP contribution in [-0.2, 0) is 14.8 Å². The Labute approximate surface area is 169 Å². The molecule has 6 nitrogen and oxygen atoms in total. The highest BCUT2D eigenvalue weighted by molar-refractivity contribution is 7.89. The molecule has 1 amide bonds. The monoisotopic (exact) mass is 417 g/mol. The van der Waals surface area contributed by atoms with E-state index in [2.05, 4.69) is 10.0 Å². The number of halogens is 1. The number of nitrogens with one attached hydrogen (secondary N) is 2. The summed E-state index contributed by atoms with van der Waals surface area (Å²) in [6.07, 6.45) is 7.96. The molecule has 1 aromatic rings. The van der Waals surface area contributed by atoms with Gasteiger partial charge in [0.05, 0.1) is 4.90 Å². The van der Waals surface area contributed by atoms with Crippen molar-refractivity contribution in [3.8, 4) is 0 Å². The summed E-state index contributed by atoms with van der Waals surface area (Å²) >= 11 is 0. The summed E-state index contributed by atoms with van der Waals surface area (Å²) in [5, 5.41) is 2.90. The van der Waals surface area contributed by atoms with Gasteiger partial charge in [0.1, 0.15) is 0 Å². The van der Waals surface area contributed by atoms with Gasteiger partial charge in [-0.3, -0.25) is 4.79 Å². The molecule has 2 rings (SSSR count). The minimum Gasteiger partial charge on any atom is -0.329 e. The minimum absolute atomic E-state index is 0. The second-order valence-corrected chi connectivity index (χ2v) is 8.82. The second kappa shape index (κ2) is 11.6. The third-order valence-electron chi connectivity index (χ3n) is 5.05. The summed E-state index contributed by atoms with van der Waals surface area (Å²) in [6.45, 7) is 2.44. The third kappa shape index (κ3) is 7.41. The van der Waals surface area contributed by atoms with Gasteiger partial charge in [0.25, 0.3) is 0 Å². The molecule has 1 aliphatic rings. The molecular weight excluding hydrogens is 386 g/mol. The molecule has 1 aliphatic carbocycles. The largest absolute Gasteiger partial charge is 0.329 e. The van der Waals surface area contributed by atoms with Crippen molar-refractivity contribution in [3.05, 3.63) is 24.3 Å². The third-order valence-corrected chi connectivity index (χ3v) is 6.51. The van der Waals surface area contributed by atoms with Gasteiger partial charge in [-0.1, -0.05) is 45.1 Å². The molecule has 1 unspecified atom stereocenters. The predicted molar refractivity (Wildman–Crippen MR) is 112 cm³/mol. The first kappa shape index (κ1) is 23.9.